The largest absolute Gasteiger partial charge is 0.493 e. The molecule has 0 spiro atoms. The number of nitrogens with two attached hydrogens (primary N) is 1. The summed E-state index contributed by atoms with van der Waals surface area (Å²) in [4.78, 5) is 0. The van der Waals surface area contributed by atoms with Gasteiger partial charge in [0.15, 0.2) is 0 Å². The molecule has 0 aliphatic carbocycles. The van der Waals surface area contributed by atoms with E-state index in [4.69, 9.17) is 15.2 Å². The van der Waals surface area contributed by atoms with Gasteiger partial charge in [0.05, 0.1) is 24.9 Å². The van der Waals surface area contributed by atoms with Crippen molar-refractivity contribution in [1.29, 1.82) is 0 Å². The first-order chi connectivity index (χ1) is 9.64. The molecule has 0 radical (unpaired) electrons. The quantitative estimate of drug-likeness (QED) is 0.878. The van der Waals surface area contributed by atoms with E-state index in [0.29, 0.717) is 13.2 Å². The molecule has 2 aliphatic rings. The third kappa shape index (κ3) is 2.32. The molecule has 0 saturated carbocycles. The van der Waals surface area contributed by atoms with Crippen molar-refractivity contribution in [2.45, 2.75) is 44.5 Å². The number of ether oxygens (including phenoxy) is 2. The van der Waals surface area contributed by atoms with Gasteiger partial charge in [-0.2, -0.15) is 0 Å². The molecule has 3 rings (SSSR count). The zero-order valence-corrected chi connectivity index (χ0v) is 11.9. The van der Waals surface area contributed by atoms with Crippen molar-refractivity contribution < 1.29 is 14.6 Å². The van der Waals surface area contributed by atoms with Crippen LogP contribution in [-0.4, -0.2) is 36.6 Å². The van der Waals surface area contributed by atoms with Gasteiger partial charge in [0.2, 0.25) is 0 Å². The van der Waals surface area contributed by atoms with Crippen LogP contribution in [0, 0.1) is 5.41 Å². The van der Waals surface area contributed by atoms with Crippen LogP contribution in [0.3, 0.4) is 0 Å². The maximum atomic E-state index is 10.8. The van der Waals surface area contributed by atoms with Crippen molar-refractivity contribution in [2.24, 2.45) is 11.1 Å². The van der Waals surface area contributed by atoms with Gasteiger partial charge in [-0.15, -0.1) is 0 Å². The predicted molar refractivity (Wildman–Crippen MR) is 76.7 cm³/mol. The van der Waals surface area contributed by atoms with E-state index >= 15 is 0 Å². The number of aliphatic hydroxyl groups excluding tert-OH is 1. The SMILES string of the molecule is CC1CCC(C(O)C2(CN)COc3ccccc3C2)O1. The Labute approximate surface area is 119 Å². The molecule has 1 aromatic rings. The minimum Gasteiger partial charge on any atom is -0.493 e. The van der Waals surface area contributed by atoms with Crippen molar-refractivity contribution in [3.05, 3.63) is 29.8 Å². The van der Waals surface area contributed by atoms with Crippen LogP contribution < -0.4 is 10.5 Å². The van der Waals surface area contributed by atoms with E-state index in [1.165, 1.54) is 0 Å². The highest BCUT2D eigenvalue weighted by Gasteiger charge is 2.46. The van der Waals surface area contributed by atoms with Crippen LogP contribution in [-0.2, 0) is 11.2 Å². The number of hydrogen-bond donors (Lipinski definition) is 2. The van der Waals surface area contributed by atoms with Crippen LogP contribution >= 0.6 is 0 Å². The van der Waals surface area contributed by atoms with Gasteiger partial charge >= 0.3 is 0 Å². The Balaban J connectivity index is 1.82. The summed E-state index contributed by atoms with van der Waals surface area (Å²) in [6, 6.07) is 7.97. The summed E-state index contributed by atoms with van der Waals surface area (Å²) in [5.41, 5.74) is 6.68. The summed E-state index contributed by atoms with van der Waals surface area (Å²) in [5.74, 6) is 0.907. The molecule has 20 heavy (non-hydrogen) atoms. The van der Waals surface area contributed by atoms with Gasteiger partial charge in [-0.3, -0.25) is 0 Å². The van der Waals surface area contributed by atoms with Crippen LogP contribution in [0.4, 0.5) is 0 Å². The Hall–Kier alpha value is -1.10. The molecular weight excluding hydrogens is 254 g/mol. The van der Waals surface area contributed by atoms with Gasteiger partial charge in [-0.25, -0.2) is 0 Å². The molecule has 4 atom stereocenters. The lowest BCUT2D eigenvalue weighted by molar-refractivity contribution is -0.103. The van der Waals surface area contributed by atoms with E-state index in [-0.39, 0.29) is 12.2 Å². The van der Waals surface area contributed by atoms with Gasteiger partial charge < -0.3 is 20.3 Å². The summed E-state index contributed by atoms with van der Waals surface area (Å²) in [7, 11) is 0. The fourth-order valence-electron chi connectivity index (χ4n) is 3.34. The summed E-state index contributed by atoms with van der Waals surface area (Å²) in [6.07, 6.45) is 2.16. The highest BCUT2D eigenvalue weighted by molar-refractivity contribution is 5.36. The van der Waals surface area contributed by atoms with Crippen molar-refractivity contribution in [3.8, 4) is 5.75 Å². The van der Waals surface area contributed by atoms with Gasteiger partial charge in [-0.1, -0.05) is 18.2 Å². The molecule has 1 fully saturated rings. The molecule has 3 N–H and O–H groups in total. The molecule has 1 aromatic carbocycles. The Morgan fingerprint density at radius 1 is 1.40 bits per heavy atom. The maximum Gasteiger partial charge on any atom is 0.122 e. The maximum absolute atomic E-state index is 10.8. The molecule has 110 valence electrons. The number of fused-ring (bicyclic) bond motifs is 1. The van der Waals surface area contributed by atoms with E-state index in [1.807, 2.05) is 24.3 Å². The van der Waals surface area contributed by atoms with Crippen molar-refractivity contribution in [1.82, 2.24) is 0 Å². The lowest BCUT2D eigenvalue weighted by Crippen LogP contribution is -2.54. The summed E-state index contributed by atoms with van der Waals surface area (Å²) >= 11 is 0. The highest BCUT2D eigenvalue weighted by Crippen LogP contribution is 2.39. The number of hydrogen-bond acceptors (Lipinski definition) is 4. The van der Waals surface area contributed by atoms with Crippen molar-refractivity contribution in [3.63, 3.8) is 0 Å². The van der Waals surface area contributed by atoms with E-state index in [1.54, 1.807) is 0 Å². The molecule has 0 bridgehead atoms. The number of benzene rings is 1. The van der Waals surface area contributed by atoms with E-state index in [0.717, 1.165) is 30.6 Å². The summed E-state index contributed by atoms with van der Waals surface area (Å²) < 4.78 is 11.7. The zero-order chi connectivity index (χ0) is 14.2. The Morgan fingerprint density at radius 2 is 2.20 bits per heavy atom. The van der Waals surface area contributed by atoms with E-state index in [2.05, 4.69) is 6.92 Å². The summed E-state index contributed by atoms with van der Waals surface area (Å²) in [6.45, 7) is 2.90. The minimum absolute atomic E-state index is 0.123. The second kappa shape index (κ2) is 5.35. The second-order valence-corrected chi connectivity index (χ2v) is 6.15. The fourth-order valence-corrected chi connectivity index (χ4v) is 3.34. The molecule has 2 heterocycles. The molecule has 4 heteroatoms. The Kier molecular flexibility index (Phi) is 3.71. The van der Waals surface area contributed by atoms with Crippen LogP contribution in [0.5, 0.6) is 5.75 Å². The van der Waals surface area contributed by atoms with Crippen LogP contribution in [0.1, 0.15) is 25.3 Å². The highest BCUT2D eigenvalue weighted by atomic mass is 16.5. The van der Waals surface area contributed by atoms with Crippen molar-refractivity contribution in [2.75, 3.05) is 13.2 Å². The first-order valence-electron chi connectivity index (χ1n) is 7.39. The summed E-state index contributed by atoms with van der Waals surface area (Å²) in [5, 5.41) is 10.8. The van der Waals surface area contributed by atoms with Crippen LogP contribution in [0.25, 0.3) is 0 Å². The standard InChI is InChI=1S/C16H23NO3/c1-11-6-7-14(20-11)15(18)16(9-17)8-12-4-2-3-5-13(12)19-10-16/h2-5,11,14-15,18H,6-10,17H2,1H3. The normalized spacial score (nSPS) is 34.4. The monoisotopic (exact) mass is 277 g/mol. The molecule has 0 aromatic heterocycles. The molecule has 4 unspecified atom stereocenters. The number of para-hydroxylation sites is 1. The average Bonchev–Trinajstić information content (AvgIpc) is 2.92. The minimum atomic E-state index is -0.578. The third-order valence-electron chi connectivity index (χ3n) is 4.68. The second-order valence-electron chi connectivity index (χ2n) is 6.15. The predicted octanol–water partition coefficient (Wildman–Crippen LogP) is 1.49. The first kappa shape index (κ1) is 13.9. The van der Waals surface area contributed by atoms with Gasteiger partial charge in [-0.05, 0) is 37.8 Å². The first-order valence-corrected chi connectivity index (χ1v) is 7.39. The fraction of sp³-hybridized carbons (Fsp3) is 0.625. The third-order valence-corrected chi connectivity index (χ3v) is 4.68. The van der Waals surface area contributed by atoms with Gasteiger partial charge in [0, 0.05) is 12.0 Å². The van der Waals surface area contributed by atoms with E-state index in [9.17, 15) is 5.11 Å². The molecule has 4 nitrogen and oxygen atoms in total. The lowest BCUT2D eigenvalue weighted by Gasteiger charge is -2.42. The Bertz CT molecular complexity index is 479. The van der Waals surface area contributed by atoms with E-state index < -0.39 is 11.5 Å². The Morgan fingerprint density at radius 3 is 2.90 bits per heavy atom. The molecule has 0 amide bonds. The lowest BCUT2D eigenvalue weighted by atomic mass is 9.73. The molecular formula is C16H23NO3. The zero-order valence-electron chi connectivity index (χ0n) is 11.9. The van der Waals surface area contributed by atoms with Crippen LogP contribution in [0.15, 0.2) is 24.3 Å². The van der Waals surface area contributed by atoms with Gasteiger partial charge in [0.1, 0.15) is 5.75 Å². The molecule has 2 aliphatic heterocycles. The topological polar surface area (TPSA) is 64.7 Å². The number of aliphatic hydroxyl groups is 1. The molecule has 1 saturated heterocycles. The van der Waals surface area contributed by atoms with Crippen LogP contribution in [0.2, 0.25) is 0 Å². The number of rotatable bonds is 3. The van der Waals surface area contributed by atoms with Gasteiger partial charge in [0.25, 0.3) is 0 Å². The average molecular weight is 277 g/mol. The smallest absolute Gasteiger partial charge is 0.122 e. The van der Waals surface area contributed by atoms with Crippen molar-refractivity contribution >= 4 is 0 Å².